The zero-order valence-electron chi connectivity index (χ0n) is 11.6. The van der Waals surface area contributed by atoms with Crippen molar-refractivity contribution >= 4 is 28.4 Å². The Balaban J connectivity index is 1.89. The van der Waals surface area contributed by atoms with E-state index in [2.05, 4.69) is 37.8 Å². The van der Waals surface area contributed by atoms with Gasteiger partial charge in [0.15, 0.2) is 0 Å². The maximum absolute atomic E-state index is 5.72. The fourth-order valence-electron chi connectivity index (χ4n) is 1.83. The van der Waals surface area contributed by atoms with Gasteiger partial charge in [0.25, 0.3) is 0 Å². The van der Waals surface area contributed by atoms with Gasteiger partial charge in [-0.05, 0) is 59.0 Å². The number of benzene rings is 1. The summed E-state index contributed by atoms with van der Waals surface area (Å²) in [6.45, 7) is 0. The highest BCUT2D eigenvalue weighted by Crippen LogP contribution is 2.24. The molecule has 0 aliphatic rings. The fraction of sp³-hybridized carbons (Fsp3) is 0.133. The standard InChI is InChI=1S/C15H13IN4O/c1-20(2)13-8-5-11(9-17-13)15-19-18-14(21-15)10-3-6-12(16)7-4-10/h3-9H,1-2H3/i16-4. The molecule has 0 saturated heterocycles. The van der Waals surface area contributed by atoms with E-state index >= 15 is 0 Å². The van der Waals surface area contributed by atoms with Crippen molar-refractivity contribution in [3.8, 4) is 22.9 Å². The van der Waals surface area contributed by atoms with Crippen molar-refractivity contribution in [2.45, 2.75) is 0 Å². The van der Waals surface area contributed by atoms with Crippen LogP contribution in [0, 0.1) is 3.57 Å². The lowest BCUT2D eigenvalue weighted by molar-refractivity contribution is 0.584. The number of rotatable bonds is 3. The zero-order chi connectivity index (χ0) is 14.8. The first-order valence-electron chi connectivity index (χ1n) is 6.37. The van der Waals surface area contributed by atoms with Gasteiger partial charge in [-0.3, -0.25) is 0 Å². The second-order valence-corrected chi connectivity index (χ2v) is 5.96. The molecule has 106 valence electrons. The summed E-state index contributed by atoms with van der Waals surface area (Å²) in [5.41, 5.74) is 1.72. The van der Waals surface area contributed by atoms with E-state index in [9.17, 15) is 0 Å². The van der Waals surface area contributed by atoms with E-state index in [1.807, 2.05) is 55.4 Å². The van der Waals surface area contributed by atoms with Gasteiger partial charge in [0.1, 0.15) is 5.82 Å². The summed E-state index contributed by atoms with van der Waals surface area (Å²) in [6, 6.07) is 11.8. The minimum Gasteiger partial charge on any atom is -0.416 e. The van der Waals surface area contributed by atoms with Crippen LogP contribution in [0.5, 0.6) is 0 Å². The van der Waals surface area contributed by atoms with Gasteiger partial charge in [-0.2, -0.15) is 0 Å². The normalized spacial score (nSPS) is 10.6. The first-order chi connectivity index (χ1) is 10.1. The first kappa shape index (κ1) is 14.0. The molecule has 2 aromatic heterocycles. The van der Waals surface area contributed by atoms with Crippen molar-refractivity contribution in [1.29, 1.82) is 0 Å². The Morgan fingerprint density at radius 2 is 1.52 bits per heavy atom. The smallest absolute Gasteiger partial charge is 0.249 e. The Bertz CT molecular complexity index is 735. The number of hydrogen-bond acceptors (Lipinski definition) is 5. The maximum Gasteiger partial charge on any atom is 0.249 e. The number of nitrogens with zero attached hydrogens (tertiary/aromatic N) is 4. The van der Waals surface area contributed by atoms with Crippen molar-refractivity contribution < 1.29 is 4.42 Å². The lowest BCUT2D eigenvalue weighted by Crippen LogP contribution is -2.09. The van der Waals surface area contributed by atoms with Gasteiger partial charge in [0.2, 0.25) is 11.8 Å². The van der Waals surface area contributed by atoms with Crippen molar-refractivity contribution in [1.82, 2.24) is 15.2 Å². The molecule has 0 amide bonds. The van der Waals surface area contributed by atoms with E-state index in [-0.39, 0.29) is 0 Å². The highest BCUT2D eigenvalue weighted by molar-refractivity contribution is 14.1. The number of halogens is 1. The third-order valence-corrected chi connectivity index (χ3v) is 3.69. The van der Waals surface area contributed by atoms with Crippen molar-refractivity contribution in [3.05, 3.63) is 46.2 Å². The lowest BCUT2D eigenvalue weighted by atomic mass is 10.2. The predicted molar refractivity (Wildman–Crippen MR) is 90.0 cm³/mol. The molecule has 0 N–H and O–H groups in total. The highest BCUT2D eigenvalue weighted by Gasteiger charge is 2.11. The number of pyridine rings is 1. The lowest BCUT2D eigenvalue weighted by Gasteiger charge is -2.10. The molecule has 0 bridgehead atoms. The van der Waals surface area contributed by atoms with Crippen LogP contribution in [0.15, 0.2) is 47.0 Å². The average molecular weight is 388 g/mol. The molecule has 0 unspecified atom stereocenters. The molecule has 0 fully saturated rings. The summed E-state index contributed by atoms with van der Waals surface area (Å²) < 4.78 is 6.88. The Morgan fingerprint density at radius 3 is 2.10 bits per heavy atom. The number of hydrogen-bond donors (Lipinski definition) is 0. The minimum atomic E-state index is 0.473. The fourth-order valence-corrected chi connectivity index (χ4v) is 2.19. The summed E-state index contributed by atoms with van der Waals surface area (Å²) >= 11 is 2.26. The van der Waals surface area contributed by atoms with Gasteiger partial charge >= 0.3 is 0 Å². The molecule has 5 nitrogen and oxygen atoms in total. The van der Waals surface area contributed by atoms with Crippen LogP contribution in [0.25, 0.3) is 22.9 Å². The predicted octanol–water partition coefficient (Wildman–Crippen LogP) is 3.47. The van der Waals surface area contributed by atoms with Crippen LogP contribution < -0.4 is 4.90 Å². The summed E-state index contributed by atoms with van der Waals surface area (Å²) in [5, 5.41) is 8.18. The Hall–Kier alpha value is -1.96. The van der Waals surface area contributed by atoms with Crippen LogP contribution in [0.3, 0.4) is 0 Å². The molecular formula is C15H13IN4O. The van der Waals surface area contributed by atoms with E-state index in [1.54, 1.807) is 6.20 Å². The van der Waals surface area contributed by atoms with Crippen LogP contribution in [0.1, 0.15) is 0 Å². The van der Waals surface area contributed by atoms with Crippen LogP contribution in [-0.4, -0.2) is 29.3 Å². The first-order valence-corrected chi connectivity index (χ1v) is 7.44. The van der Waals surface area contributed by atoms with Gasteiger partial charge in [-0.15, -0.1) is 10.2 Å². The maximum atomic E-state index is 5.72. The summed E-state index contributed by atoms with van der Waals surface area (Å²) in [5.74, 6) is 1.87. The van der Waals surface area contributed by atoms with Crippen LogP contribution in [0.4, 0.5) is 5.82 Å². The van der Waals surface area contributed by atoms with Gasteiger partial charge < -0.3 is 9.32 Å². The molecule has 21 heavy (non-hydrogen) atoms. The second kappa shape index (κ2) is 5.80. The molecule has 0 spiro atoms. The number of aromatic nitrogens is 3. The largest absolute Gasteiger partial charge is 0.416 e. The molecule has 1 aromatic carbocycles. The van der Waals surface area contributed by atoms with E-state index in [0.717, 1.165) is 16.9 Å². The molecule has 0 radical (unpaired) electrons. The Morgan fingerprint density at radius 1 is 0.905 bits per heavy atom. The summed E-state index contributed by atoms with van der Waals surface area (Å²) in [6.07, 6.45) is 1.74. The molecule has 3 rings (SSSR count). The third kappa shape index (κ3) is 3.05. The van der Waals surface area contributed by atoms with Gasteiger partial charge in [-0.1, -0.05) is 0 Å². The molecule has 0 aliphatic carbocycles. The molecule has 2 heterocycles. The van der Waals surface area contributed by atoms with Crippen LogP contribution >= 0.6 is 22.6 Å². The second-order valence-electron chi connectivity index (χ2n) is 4.72. The SMILES string of the molecule is CN(C)c1ccc(-c2nnc(-c3ccc([123I])cc3)o2)cn1. The molecule has 0 atom stereocenters. The Labute approximate surface area is 136 Å². The van der Waals surface area contributed by atoms with Gasteiger partial charge in [-0.25, -0.2) is 4.98 Å². The van der Waals surface area contributed by atoms with Gasteiger partial charge in [0.05, 0.1) is 5.56 Å². The summed E-state index contributed by atoms with van der Waals surface area (Å²) in [7, 11) is 3.90. The van der Waals surface area contributed by atoms with Gasteiger partial charge in [0, 0.05) is 29.4 Å². The molecule has 0 aliphatic heterocycles. The Kier molecular flexibility index (Phi) is 3.87. The monoisotopic (exact) mass is 388 g/mol. The zero-order valence-corrected chi connectivity index (χ0v) is 13.8. The van der Waals surface area contributed by atoms with E-state index in [0.29, 0.717) is 11.8 Å². The van der Waals surface area contributed by atoms with E-state index in [1.165, 1.54) is 3.57 Å². The minimum absolute atomic E-state index is 0.473. The summed E-state index contributed by atoms with van der Waals surface area (Å²) in [4.78, 5) is 6.28. The third-order valence-electron chi connectivity index (χ3n) is 2.97. The highest BCUT2D eigenvalue weighted by atomic mass is 123. The molecule has 3 aromatic rings. The topological polar surface area (TPSA) is 55.1 Å². The quantitative estimate of drug-likeness (QED) is 0.644. The molecule has 6 heteroatoms. The van der Waals surface area contributed by atoms with E-state index < -0.39 is 0 Å². The average Bonchev–Trinajstić information content (AvgIpc) is 2.98. The number of anilines is 1. The van der Waals surface area contributed by atoms with Crippen molar-refractivity contribution in [2.75, 3.05) is 19.0 Å². The van der Waals surface area contributed by atoms with E-state index in [4.69, 9.17) is 4.42 Å². The molecule has 0 saturated carbocycles. The van der Waals surface area contributed by atoms with Crippen LogP contribution in [-0.2, 0) is 0 Å². The van der Waals surface area contributed by atoms with Crippen LogP contribution in [0.2, 0.25) is 0 Å². The molecular weight excluding hydrogens is 375 g/mol. The van der Waals surface area contributed by atoms with Crippen molar-refractivity contribution in [2.24, 2.45) is 0 Å². The van der Waals surface area contributed by atoms with Crippen molar-refractivity contribution in [3.63, 3.8) is 0 Å².